The first-order chi connectivity index (χ1) is 8.13. The van der Waals surface area contributed by atoms with Gasteiger partial charge in [-0.3, -0.25) is 0 Å². The van der Waals surface area contributed by atoms with Crippen LogP contribution in [-0.4, -0.2) is 30.8 Å². The molecule has 17 heavy (non-hydrogen) atoms. The summed E-state index contributed by atoms with van der Waals surface area (Å²) in [6.45, 7) is 8.08. The molecule has 0 radical (unpaired) electrons. The quantitative estimate of drug-likeness (QED) is 0.703. The molecule has 0 aromatic rings. The Bertz CT molecular complexity index is 248. The molecule has 0 spiro atoms. The lowest BCUT2D eigenvalue weighted by atomic mass is 9.71. The van der Waals surface area contributed by atoms with Crippen molar-refractivity contribution in [1.29, 1.82) is 0 Å². The van der Waals surface area contributed by atoms with Crippen molar-refractivity contribution in [3.63, 3.8) is 0 Å². The number of rotatable bonds is 3. The van der Waals surface area contributed by atoms with Gasteiger partial charge in [-0.25, -0.2) is 0 Å². The highest BCUT2D eigenvalue weighted by atomic mass is 16.1. The highest BCUT2D eigenvalue weighted by molar-refractivity contribution is 5.60. The van der Waals surface area contributed by atoms with Crippen LogP contribution in [0, 0.1) is 17.3 Å². The maximum atomic E-state index is 11.5. The second kappa shape index (κ2) is 5.51. The van der Waals surface area contributed by atoms with Gasteiger partial charge in [-0.2, -0.15) is 0 Å². The monoisotopic (exact) mass is 237 g/mol. The molecule has 2 heteroatoms. The Hall–Kier alpha value is -0.370. The molecule has 1 heterocycles. The van der Waals surface area contributed by atoms with E-state index in [2.05, 4.69) is 18.7 Å². The third-order valence-corrected chi connectivity index (χ3v) is 4.93. The Kier molecular flexibility index (Phi) is 4.24. The van der Waals surface area contributed by atoms with Crippen molar-refractivity contribution < 1.29 is 4.79 Å². The normalized spacial score (nSPS) is 36.9. The minimum atomic E-state index is -0.00686. The van der Waals surface area contributed by atoms with Crippen LogP contribution in [0.25, 0.3) is 0 Å². The van der Waals surface area contributed by atoms with Crippen LogP contribution in [0.5, 0.6) is 0 Å². The molecule has 2 aliphatic rings. The highest BCUT2D eigenvalue weighted by Gasteiger charge is 2.36. The summed E-state index contributed by atoms with van der Waals surface area (Å²) in [6, 6.07) is 0. The van der Waals surface area contributed by atoms with Crippen molar-refractivity contribution in [2.24, 2.45) is 17.3 Å². The molecular formula is C15H27NO. The van der Waals surface area contributed by atoms with E-state index in [1.807, 2.05) is 0 Å². The molecule has 1 saturated carbocycles. The van der Waals surface area contributed by atoms with Crippen LogP contribution in [0.3, 0.4) is 0 Å². The number of hydrogen-bond donors (Lipinski definition) is 0. The maximum Gasteiger partial charge on any atom is 0.127 e. The molecule has 0 aromatic carbocycles. The van der Waals surface area contributed by atoms with Crippen molar-refractivity contribution in [3.8, 4) is 0 Å². The van der Waals surface area contributed by atoms with Gasteiger partial charge in [-0.05, 0) is 63.5 Å². The number of hydrogen-bond acceptors (Lipinski definition) is 2. The zero-order chi connectivity index (χ0) is 12.3. The highest BCUT2D eigenvalue weighted by Crippen LogP contribution is 2.38. The van der Waals surface area contributed by atoms with Crippen LogP contribution in [0.2, 0.25) is 0 Å². The summed E-state index contributed by atoms with van der Waals surface area (Å²) in [6.07, 6.45) is 8.60. The smallest absolute Gasteiger partial charge is 0.127 e. The van der Waals surface area contributed by atoms with E-state index < -0.39 is 0 Å². The van der Waals surface area contributed by atoms with Crippen molar-refractivity contribution in [2.45, 2.75) is 52.4 Å². The molecule has 0 N–H and O–H groups in total. The van der Waals surface area contributed by atoms with Crippen molar-refractivity contribution in [2.75, 3.05) is 19.6 Å². The predicted octanol–water partition coefficient (Wildman–Crippen LogP) is 3.11. The second-order valence-corrected chi connectivity index (χ2v) is 6.62. The standard InChI is InChI=1S/C15H27NO/c1-13-3-7-15(12-17,8-4-13)11-16-9-5-14(2)6-10-16/h12-14H,3-11H2,1-2H3. The van der Waals surface area contributed by atoms with Gasteiger partial charge in [-0.1, -0.05) is 13.8 Å². The zero-order valence-corrected chi connectivity index (χ0v) is 11.5. The topological polar surface area (TPSA) is 20.3 Å². The van der Waals surface area contributed by atoms with Crippen molar-refractivity contribution >= 4 is 6.29 Å². The van der Waals surface area contributed by atoms with Crippen LogP contribution in [0.15, 0.2) is 0 Å². The summed E-state index contributed by atoms with van der Waals surface area (Å²) in [5, 5.41) is 0. The number of aldehydes is 1. The molecular weight excluding hydrogens is 210 g/mol. The van der Waals surface area contributed by atoms with Crippen LogP contribution in [0.4, 0.5) is 0 Å². The minimum absolute atomic E-state index is 0.00686. The Morgan fingerprint density at radius 3 is 2.12 bits per heavy atom. The summed E-state index contributed by atoms with van der Waals surface area (Å²) in [5.41, 5.74) is -0.00686. The van der Waals surface area contributed by atoms with Crippen molar-refractivity contribution in [1.82, 2.24) is 4.90 Å². The fraction of sp³-hybridized carbons (Fsp3) is 0.933. The third-order valence-electron chi connectivity index (χ3n) is 4.93. The van der Waals surface area contributed by atoms with Gasteiger partial charge in [0.1, 0.15) is 6.29 Å². The van der Waals surface area contributed by atoms with E-state index >= 15 is 0 Å². The first kappa shape index (κ1) is 13.1. The third kappa shape index (κ3) is 3.31. The van der Waals surface area contributed by atoms with Gasteiger partial charge < -0.3 is 9.69 Å². The fourth-order valence-corrected chi connectivity index (χ4v) is 3.32. The van der Waals surface area contributed by atoms with Crippen LogP contribution in [-0.2, 0) is 4.79 Å². The van der Waals surface area contributed by atoms with Gasteiger partial charge in [0.05, 0.1) is 0 Å². The van der Waals surface area contributed by atoms with Gasteiger partial charge in [0.2, 0.25) is 0 Å². The molecule has 0 amide bonds. The summed E-state index contributed by atoms with van der Waals surface area (Å²) < 4.78 is 0. The van der Waals surface area contributed by atoms with E-state index in [0.717, 1.165) is 31.2 Å². The van der Waals surface area contributed by atoms with Gasteiger partial charge in [0.15, 0.2) is 0 Å². The van der Waals surface area contributed by atoms with Gasteiger partial charge in [-0.15, -0.1) is 0 Å². The molecule has 1 aliphatic carbocycles. The summed E-state index contributed by atoms with van der Waals surface area (Å²) >= 11 is 0. The molecule has 0 unspecified atom stereocenters. The molecule has 1 saturated heterocycles. The Labute approximate surface area is 106 Å². The lowest BCUT2D eigenvalue weighted by Gasteiger charge is -2.41. The van der Waals surface area contributed by atoms with Crippen LogP contribution in [0.1, 0.15) is 52.4 Å². The van der Waals surface area contributed by atoms with E-state index in [9.17, 15) is 4.79 Å². The maximum absolute atomic E-state index is 11.5. The number of nitrogens with zero attached hydrogens (tertiary/aromatic N) is 1. The summed E-state index contributed by atoms with van der Waals surface area (Å²) in [5.74, 6) is 1.70. The first-order valence-electron chi connectivity index (χ1n) is 7.32. The molecule has 2 fully saturated rings. The number of likely N-dealkylation sites (tertiary alicyclic amines) is 1. The van der Waals surface area contributed by atoms with Gasteiger partial charge in [0, 0.05) is 12.0 Å². The molecule has 1 aliphatic heterocycles. The number of piperidine rings is 1. The average Bonchev–Trinajstić information content (AvgIpc) is 2.35. The molecule has 98 valence electrons. The first-order valence-corrected chi connectivity index (χ1v) is 7.32. The van der Waals surface area contributed by atoms with Crippen molar-refractivity contribution in [3.05, 3.63) is 0 Å². The van der Waals surface area contributed by atoms with E-state index in [1.165, 1.54) is 45.1 Å². The largest absolute Gasteiger partial charge is 0.303 e. The lowest BCUT2D eigenvalue weighted by Crippen LogP contribution is -2.44. The minimum Gasteiger partial charge on any atom is -0.303 e. The molecule has 2 rings (SSSR count). The molecule has 0 aromatic heterocycles. The van der Waals surface area contributed by atoms with E-state index in [4.69, 9.17) is 0 Å². The lowest BCUT2D eigenvalue weighted by molar-refractivity contribution is -0.119. The SMILES string of the molecule is CC1CCN(CC2(C=O)CCC(C)CC2)CC1. The molecule has 0 atom stereocenters. The van der Waals surface area contributed by atoms with E-state index in [1.54, 1.807) is 0 Å². The van der Waals surface area contributed by atoms with E-state index in [-0.39, 0.29) is 5.41 Å². The Balaban J connectivity index is 1.88. The van der Waals surface area contributed by atoms with E-state index in [0.29, 0.717) is 0 Å². The Morgan fingerprint density at radius 1 is 1.06 bits per heavy atom. The van der Waals surface area contributed by atoms with Crippen LogP contribution < -0.4 is 0 Å². The summed E-state index contributed by atoms with van der Waals surface area (Å²) in [7, 11) is 0. The number of carbonyl (C=O) groups is 1. The van der Waals surface area contributed by atoms with Crippen LogP contribution >= 0.6 is 0 Å². The summed E-state index contributed by atoms with van der Waals surface area (Å²) in [4.78, 5) is 14.0. The average molecular weight is 237 g/mol. The number of carbonyl (C=O) groups excluding carboxylic acids is 1. The Morgan fingerprint density at radius 2 is 1.59 bits per heavy atom. The second-order valence-electron chi connectivity index (χ2n) is 6.62. The fourth-order valence-electron chi connectivity index (χ4n) is 3.32. The predicted molar refractivity (Wildman–Crippen MR) is 71.0 cm³/mol. The van der Waals surface area contributed by atoms with Gasteiger partial charge in [0.25, 0.3) is 0 Å². The zero-order valence-electron chi connectivity index (χ0n) is 11.5. The molecule has 0 bridgehead atoms. The van der Waals surface area contributed by atoms with Gasteiger partial charge >= 0.3 is 0 Å². The molecule has 2 nitrogen and oxygen atoms in total.